The van der Waals surface area contributed by atoms with E-state index in [1.54, 1.807) is 0 Å². The summed E-state index contributed by atoms with van der Waals surface area (Å²) in [6.45, 7) is 0. The van der Waals surface area contributed by atoms with Crippen LogP contribution in [0.4, 0.5) is 0 Å². The van der Waals surface area contributed by atoms with Gasteiger partial charge in [-0.2, -0.15) is 0 Å². The van der Waals surface area contributed by atoms with Crippen molar-refractivity contribution in [2.24, 2.45) is 0 Å². The number of rotatable bonds is 0. The fraction of sp³-hybridized carbons (Fsp3) is 0. The number of hydrogen-bond donors (Lipinski definition) is 4. The van der Waals surface area contributed by atoms with E-state index in [9.17, 15) is 0 Å². The van der Waals surface area contributed by atoms with Gasteiger partial charge in [0.15, 0.2) is 0 Å². The molecule has 0 saturated carbocycles. The van der Waals surface area contributed by atoms with Crippen molar-refractivity contribution < 1.29 is 179 Å². The van der Waals surface area contributed by atoms with Crippen LogP contribution in [-0.2, 0) is 41.5 Å². The van der Waals surface area contributed by atoms with Gasteiger partial charge < -0.3 is 66.3 Å². The summed E-state index contributed by atoms with van der Waals surface area (Å²) in [5.74, 6) is 0. The Balaban J connectivity index is -0.00000000489. The molecule has 25 nitrogen and oxygen atoms in total. The van der Waals surface area contributed by atoms with Gasteiger partial charge in [0, 0.05) is 17.1 Å². The Kier molecular flexibility index (Phi) is 368. The molecule has 28 heavy (non-hydrogen) atoms. The molecule has 0 unspecified atom stereocenters. The van der Waals surface area contributed by atoms with E-state index >= 15 is 0 Å². The molecule has 0 aliphatic carbocycles. The second-order valence-corrected chi connectivity index (χ2v) is 2.35. The summed E-state index contributed by atoms with van der Waals surface area (Å²) in [6, 6.07) is 0. The van der Waals surface area contributed by atoms with E-state index in [-0.39, 0.29) is 119 Å². The van der Waals surface area contributed by atoms with Crippen LogP contribution in [0.25, 0.3) is 0 Å². The Bertz CT molecular complexity index is 334. The van der Waals surface area contributed by atoms with Gasteiger partial charge in [0.05, 0.1) is 0 Å². The van der Waals surface area contributed by atoms with Crippen molar-refractivity contribution in [3.8, 4) is 0 Å². The third-order valence-corrected chi connectivity index (χ3v) is 0. The maximum absolute atomic E-state index is 8.69. The van der Waals surface area contributed by atoms with E-state index in [4.69, 9.17) is 61.7 Å². The number of nitrogens with zero attached hydrogens (tertiary/aromatic N) is 3. The zero-order valence-corrected chi connectivity index (χ0v) is 18.4. The van der Waals surface area contributed by atoms with Crippen molar-refractivity contribution in [2.45, 2.75) is 0 Å². The fourth-order valence-corrected chi connectivity index (χ4v) is 0. The van der Waals surface area contributed by atoms with Crippen LogP contribution in [-0.4, -0.2) is 84.4 Å². The average Bonchev–Trinajstić information content (AvgIpc) is 1.73. The molecule has 0 radical (unpaired) electrons. The molecule has 28 heteroatoms. The van der Waals surface area contributed by atoms with Gasteiger partial charge in [0.1, 0.15) is 0 Å². The third kappa shape index (κ3) is 28400. The topological polar surface area (TPSA) is 545 Å². The molecule has 0 bridgehead atoms. The first kappa shape index (κ1) is 125. The normalized spacial score (nSPS) is 4.61. The van der Waals surface area contributed by atoms with E-state index < -0.39 is 28.2 Å². The predicted octanol–water partition coefficient (Wildman–Crippen LogP) is -12.3. The molecule has 22 N–H and O–H groups in total. The van der Waals surface area contributed by atoms with E-state index in [0.717, 1.165) is 0 Å². The van der Waals surface area contributed by atoms with Crippen molar-refractivity contribution >= 4 is 0 Å². The first-order valence-corrected chi connectivity index (χ1v) is 4.30. The molecule has 0 fully saturated rings. The SMILES string of the molecule is O.O.O.O.O.O.O.O.O.O=[N+]([O-])O.O=[N+]([O-])O.O=[N+]([O-])O.[Fe].[H-].[K+].[O]=[Mn](=[O])(=[O])[OH]. The van der Waals surface area contributed by atoms with Gasteiger partial charge in [0.25, 0.3) is 15.3 Å². The van der Waals surface area contributed by atoms with Crippen LogP contribution in [0.2, 0.25) is 0 Å². The van der Waals surface area contributed by atoms with Gasteiger partial charge in [-0.15, -0.1) is 30.3 Å². The van der Waals surface area contributed by atoms with Crippen LogP contribution in [0.15, 0.2) is 0 Å². The molecule has 0 aromatic heterocycles. The molecule has 0 aromatic rings. The quantitative estimate of drug-likeness (QED) is 0.120. The Hall–Kier alpha value is -0.725. The molecule has 0 heterocycles. The summed E-state index contributed by atoms with van der Waals surface area (Å²) in [4.78, 5) is 25.1. The van der Waals surface area contributed by atoms with Crippen molar-refractivity contribution in [1.29, 1.82) is 0 Å². The van der Waals surface area contributed by atoms with Crippen LogP contribution in [0.5, 0.6) is 0 Å². The second kappa shape index (κ2) is 82.4. The van der Waals surface area contributed by atoms with E-state index in [1.807, 2.05) is 0 Å². The Morgan fingerprint density at radius 3 is 0.571 bits per heavy atom. The second-order valence-electron chi connectivity index (χ2n) is 1.11. The Morgan fingerprint density at radius 2 is 0.571 bits per heavy atom. The summed E-state index contributed by atoms with van der Waals surface area (Å²) in [5.41, 5.74) is 0. The maximum atomic E-state index is 8.69. The van der Waals surface area contributed by atoms with Gasteiger partial charge in [0.2, 0.25) is 0 Å². The zero-order valence-electron chi connectivity index (χ0n) is 14.0. The Morgan fingerprint density at radius 1 is 0.571 bits per heavy atom. The van der Waals surface area contributed by atoms with Crippen LogP contribution in [0.3, 0.4) is 0 Å². The first-order valence-electron chi connectivity index (χ1n) is 2.33. The van der Waals surface area contributed by atoms with Gasteiger partial charge in [-0.25, -0.2) is 0 Å². The fourth-order valence-electron chi connectivity index (χ4n) is 0. The minimum absolute atomic E-state index is 0. The van der Waals surface area contributed by atoms with Crippen LogP contribution >= 0.6 is 0 Å². The first-order chi connectivity index (χ1) is 7.20. The van der Waals surface area contributed by atoms with Crippen LogP contribution < -0.4 is 51.4 Å². The average molecular weight is 567 g/mol. The van der Waals surface area contributed by atoms with E-state index in [1.165, 1.54) is 0 Å². The monoisotopic (exact) mass is 567 g/mol. The standard InChI is InChI=1S/Fe.K.Mn.3HNO3.10H2O.3O.H/c;;;3*2-1(3)4;;;;;;;;;;;;;;/h;;;3*(H,2,3,4);10*1H2;;;;/q;2*+1;;;;;;;;;;;;;;;;;-1/p-1. The third-order valence-electron chi connectivity index (χ3n) is 0. The van der Waals surface area contributed by atoms with Gasteiger partial charge >= 0.3 is 80.0 Å². The summed E-state index contributed by atoms with van der Waals surface area (Å²) in [7, 11) is 0. The molecule has 186 valence electrons. The molecule has 0 aromatic carbocycles. The van der Waals surface area contributed by atoms with Gasteiger partial charge in [-0.05, 0) is 0 Å². The summed E-state index contributed by atoms with van der Waals surface area (Å²) < 4.78 is 33.1. The number of hydrogen-bond acceptors (Lipinski definition) is 9. The Labute approximate surface area is 207 Å². The van der Waals surface area contributed by atoms with Crippen molar-refractivity contribution in [2.75, 3.05) is 0 Å². The predicted molar refractivity (Wildman–Crippen MR) is 64.3 cm³/mol. The zero-order chi connectivity index (χ0) is 15.2. The minimum atomic E-state index is -5.38. The summed E-state index contributed by atoms with van der Waals surface area (Å²) >= 11 is -5.38. The molecule has 0 spiro atoms. The van der Waals surface area contributed by atoms with Gasteiger partial charge in [-0.1, -0.05) is 0 Å². The molecule has 0 aliphatic heterocycles. The molecule has 0 atom stereocenters. The van der Waals surface area contributed by atoms with Crippen molar-refractivity contribution in [3.63, 3.8) is 0 Å². The molecular formula is H23FeKMnN3O22. The molecule has 0 aliphatic rings. The summed E-state index contributed by atoms with van der Waals surface area (Å²) in [6.07, 6.45) is 0. The van der Waals surface area contributed by atoms with Crippen LogP contribution in [0, 0.1) is 30.3 Å². The van der Waals surface area contributed by atoms with Crippen molar-refractivity contribution in [3.05, 3.63) is 30.3 Å². The molecule has 0 saturated heterocycles. The summed E-state index contributed by atoms with van der Waals surface area (Å²) in [5, 5.41) is 40.9. The molecule has 0 amide bonds. The molecular weight excluding hydrogens is 544 g/mol. The van der Waals surface area contributed by atoms with E-state index in [2.05, 4.69) is 0 Å². The van der Waals surface area contributed by atoms with Crippen molar-refractivity contribution in [1.82, 2.24) is 0 Å². The molecule has 0 rings (SSSR count). The van der Waals surface area contributed by atoms with Gasteiger partial charge in [-0.3, -0.25) is 0 Å². The van der Waals surface area contributed by atoms with E-state index in [0.29, 0.717) is 0 Å². The van der Waals surface area contributed by atoms with Crippen LogP contribution in [0.1, 0.15) is 1.43 Å².